The largest absolute Gasteiger partial charge is 0.319 e. The second kappa shape index (κ2) is 8.44. The van der Waals surface area contributed by atoms with Gasteiger partial charge in [-0.3, -0.25) is 14.9 Å². The molecule has 0 spiro atoms. The van der Waals surface area contributed by atoms with Crippen LogP contribution in [0.1, 0.15) is 29.8 Å². The quantitative estimate of drug-likeness (QED) is 0.557. The number of anilines is 1. The van der Waals surface area contributed by atoms with Gasteiger partial charge in [0, 0.05) is 30.8 Å². The van der Waals surface area contributed by atoms with Gasteiger partial charge in [0.05, 0.1) is 15.5 Å². The summed E-state index contributed by atoms with van der Waals surface area (Å²) in [6.45, 7) is 5.55. The van der Waals surface area contributed by atoms with Crippen LogP contribution in [0.4, 0.5) is 15.8 Å². The molecule has 1 amide bonds. The molecule has 2 aromatic carbocycles. The standard InChI is InChI=1S/C18H20FN3O5S/c1-4-21(5-2)28(26,27)14-8-6-12(3)15(11-14)18(23)20-17-10-13(22(24)25)7-9-16(17)19/h6-11H,4-5H2,1-3H3,(H,20,23). The first kappa shape index (κ1) is 21.5. The van der Waals surface area contributed by atoms with E-state index in [9.17, 15) is 27.7 Å². The van der Waals surface area contributed by atoms with Gasteiger partial charge in [0.25, 0.3) is 11.6 Å². The highest BCUT2D eigenvalue weighted by molar-refractivity contribution is 7.89. The van der Waals surface area contributed by atoms with Crippen LogP contribution in [-0.4, -0.2) is 36.6 Å². The molecule has 0 unspecified atom stereocenters. The van der Waals surface area contributed by atoms with Gasteiger partial charge in [-0.05, 0) is 30.7 Å². The van der Waals surface area contributed by atoms with Crippen molar-refractivity contribution in [1.82, 2.24) is 4.31 Å². The third-order valence-corrected chi connectivity index (χ3v) is 6.25. The van der Waals surface area contributed by atoms with E-state index in [1.807, 2.05) is 0 Å². The van der Waals surface area contributed by atoms with E-state index in [0.717, 1.165) is 18.2 Å². The minimum absolute atomic E-state index is 0.0270. The van der Waals surface area contributed by atoms with Crippen molar-refractivity contribution < 1.29 is 22.5 Å². The Hall–Kier alpha value is -2.85. The summed E-state index contributed by atoms with van der Waals surface area (Å²) in [7, 11) is -3.78. The maximum absolute atomic E-state index is 13.9. The first-order valence-electron chi connectivity index (χ1n) is 8.47. The SMILES string of the molecule is CCN(CC)S(=O)(=O)c1ccc(C)c(C(=O)Nc2cc([N+](=O)[O-])ccc2F)c1. The van der Waals surface area contributed by atoms with Crippen molar-refractivity contribution in [2.45, 2.75) is 25.7 Å². The molecule has 0 saturated carbocycles. The highest BCUT2D eigenvalue weighted by Crippen LogP contribution is 2.24. The predicted octanol–water partition coefficient (Wildman–Crippen LogP) is 3.33. The molecule has 10 heteroatoms. The lowest BCUT2D eigenvalue weighted by Gasteiger charge is -2.19. The fraction of sp³-hybridized carbons (Fsp3) is 0.278. The van der Waals surface area contributed by atoms with Crippen LogP contribution in [0.15, 0.2) is 41.3 Å². The summed E-state index contributed by atoms with van der Waals surface area (Å²) in [5.74, 6) is -1.61. The number of halogens is 1. The zero-order valence-electron chi connectivity index (χ0n) is 15.6. The van der Waals surface area contributed by atoms with E-state index in [0.29, 0.717) is 5.56 Å². The van der Waals surface area contributed by atoms with E-state index in [4.69, 9.17) is 0 Å². The van der Waals surface area contributed by atoms with Crippen LogP contribution in [0.3, 0.4) is 0 Å². The number of rotatable bonds is 7. The molecular weight excluding hydrogens is 389 g/mol. The smallest absolute Gasteiger partial charge is 0.271 e. The predicted molar refractivity (Wildman–Crippen MR) is 102 cm³/mol. The number of hydrogen-bond acceptors (Lipinski definition) is 5. The van der Waals surface area contributed by atoms with Gasteiger partial charge in [-0.25, -0.2) is 12.8 Å². The Balaban J connectivity index is 2.42. The summed E-state index contributed by atoms with van der Waals surface area (Å²) in [6.07, 6.45) is 0. The number of nitro groups is 1. The number of benzene rings is 2. The van der Waals surface area contributed by atoms with Gasteiger partial charge < -0.3 is 5.32 Å². The topological polar surface area (TPSA) is 110 Å². The molecule has 0 bridgehead atoms. The minimum Gasteiger partial charge on any atom is -0.319 e. The monoisotopic (exact) mass is 409 g/mol. The Morgan fingerprint density at radius 2 is 1.82 bits per heavy atom. The molecule has 0 atom stereocenters. The average Bonchev–Trinajstić information content (AvgIpc) is 2.64. The van der Waals surface area contributed by atoms with Crippen molar-refractivity contribution in [2.75, 3.05) is 18.4 Å². The zero-order chi connectivity index (χ0) is 21.1. The van der Waals surface area contributed by atoms with Gasteiger partial charge in [0.15, 0.2) is 0 Å². The number of carbonyl (C=O) groups is 1. The Bertz CT molecular complexity index is 1020. The number of non-ortho nitro benzene ring substituents is 1. The van der Waals surface area contributed by atoms with Gasteiger partial charge in [-0.15, -0.1) is 0 Å². The molecule has 28 heavy (non-hydrogen) atoms. The fourth-order valence-corrected chi connectivity index (χ4v) is 4.12. The van der Waals surface area contributed by atoms with Crippen LogP contribution in [0.5, 0.6) is 0 Å². The summed E-state index contributed by atoms with van der Waals surface area (Å²) < 4.78 is 40.5. The van der Waals surface area contributed by atoms with Crippen LogP contribution in [0, 0.1) is 22.9 Å². The van der Waals surface area contributed by atoms with Gasteiger partial charge >= 0.3 is 0 Å². The number of sulfonamides is 1. The number of nitrogens with zero attached hydrogens (tertiary/aromatic N) is 2. The molecule has 0 radical (unpaired) electrons. The second-order valence-electron chi connectivity index (χ2n) is 5.94. The van der Waals surface area contributed by atoms with Gasteiger partial charge in [0.1, 0.15) is 5.82 Å². The molecule has 2 aromatic rings. The molecule has 1 N–H and O–H groups in total. The first-order chi connectivity index (χ1) is 13.1. The van der Waals surface area contributed by atoms with Gasteiger partial charge in [0.2, 0.25) is 10.0 Å². The first-order valence-corrected chi connectivity index (χ1v) is 9.91. The number of nitrogens with one attached hydrogen (secondary N) is 1. The molecule has 8 nitrogen and oxygen atoms in total. The summed E-state index contributed by atoms with van der Waals surface area (Å²) >= 11 is 0. The summed E-state index contributed by atoms with van der Waals surface area (Å²) in [5.41, 5.74) is -0.247. The molecule has 0 aliphatic rings. The van der Waals surface area contributed by atoms with E-state index in [-0.39, 0.29) is 34.9 Å². The van der Waals surface area contributed by atoms with Crippen molar-refractivity contribution in [3.8, 4) is 0 Å². The maximum Gasteiger partial charge on any atom is 0.271 e. The number of amides is 1. The lowest BCUT2D eigenvalue weighted by molar-refractivity contribution is -0.384. The Kier molecular flexibility index (Phi) is 6.47. The average molecular weight is 409 g/mol. The van der Waals surface area contributed by atoms with Gasteiger partial charge in [-0.1, -0.05) is 19.9 Å². The van der Waals surface area contributed by atoms with Gasteiger partial charge in [-0.2, -0.15) is 4.31 Å². The van der Waals surface area contributed by atoms with Crippen molar-refractivity contribution >= 4 is 27.3 Å². The van der Waals surface area contributed by atoms with Crippen molar-refractivity contribution in [3.05, 3.63) is 63.5 Å². The number of carbonyl (C=O) groups excluding carboxylic acids is 1. The number of hydrogen-bond donors (Lipinski definition) is 1. The zero-order valence-corrected chi connectivity index (χ0v) is 16.4. The second-order valence-corrected chi connectivity index (χ2v) is 7.88. The molecular formula is C18H20FN3O5S. The molecule has 0 fully saturated rings. The molecule has 0 aliphatic carbocycles. The number of aryl methyl sites for hydroxylation is 1. The van der Waals surface area contributed by atoms with Crippen LogP contribution in [-0.2, 0) is 10.0 Å². The lowest BCUT2D eigenvalue weighted by atomic mass is 10.1. The molecule has 0 aromatic heterocycles. The highest BCUT2D eigenvalue weighted by atomic mass is 32.2. The molecule has 0 heterocycles. The Morgan fingerprint density at radius 3 is 2.39 bits per heavy atom. The van der Waals surface area contributed by atoms with E-state index in [2.05, 4.69) is 5.32 Å². The third kappa shape index (κ3) is 4.34. The van der Waals surface area contributed by atoms with E-state index in [1.165, 1.54) is 22.5 Å². The van der Waals surface area contributed by atoms with Crippen molar-refractivity contribution in [1.29, 1.82) is 0 Å². The van der Waals surface area contributed by atoms with Crippen molar-refractivity contribution in [3.63, 3.8) is 0 Å². The maximum atomic E-state index is 13.9. The van der Waals surface area contributed by atoms with Crippen LogP contribution < -0.4 is 5.32 Å². The Morgan fingerprint density at radius 1 is 1.18 bits per heavy atom. The van der Waals surface area contributed by atoms with Crippen LogP contribution in [0.2, 0.25) is 0 Å². The molecule has 2 rings (SSSR count). The highest BCUT2D eigenvalue weighted by Gasteiger charge is 2.24. The summed E-state index contributed by atoms with van der Waals surface area (Å²) in [5, 5.41) is 13.1. The molecule has 150 valence electrons. The Labute approximate surface area is 162 Å². The lowest BCUT2D eigenvalue weighted by Crippen LogP contribution is -2.30. The van der Waals surface area contributed by atoms with E-state index >= 15 is 0 Å². The van der Waals surface area contributed by atoms with E-state index < -0.39 is 26.7 Å². The third-order valence-electron chi connectivity index (χ3n) is 4.21. The summed E-state index contributed by atoms with van der Waals surface area (Å²) in [6, 6.07) is 6.85. The van der Waals surface area contributed by atoms with Crippen molar-refractivity contribution in [2.24, 2.45) is 0 Å². The molecule has 0 aliphatic heterocycles. The van der Waals surface area contributed by atoms with Crippen LogP contribution >= 0.6 is 0 Å². The number of nitro benzene ring substituents is 1. The summed E-state index contributed by atoms with van der Waals surface area (Å²) in [4.78, 5) is 22.7. The van der Waals surface area contributed by atoms with Crippen LogP contribution in [0.25, 0.3) is 0 Å². The fourth-order valence-electron chi connectivity index (χ4n) is 2.63. The molecule has 0 saturated heterocycles. The minimum atomic E-state index is -3.78. The normalized spacial score (nSPS) is 11.5. The van der Waals surface area contributed by atoms with E-state index in [1.54, 1.807) is 20.8 Å².